The second-order valence-corrected chi connectivity index (χ2v) is 18.2. The first-order chi connectivity index (χ1) is 13.6. The van der Waals surface area contributed by atoms with Crippen molar-refractivity contribution in [3.8, 4) is 0 Å². The molecule has 2 aromatic rings. The number of aliphatic hydroxyl groups is 2. The molecule has 7 nitrogen and oxygen atoms in total. The van der Waals surface area contributed by atoms with E-state index in [1.165, 1.54) is 0 Å². The summed E-state index contributed by atoms with van der Waals surface area (Å²) in [5, 5.41) is 21.5. The Hall–Kier alpha value is -0.670. The fourth-order valence-electron chi connectivity index (χ4n) is 3.51. The predicted octanol–water partition coefficient (Wildman–Crippen LogP) is 2.84. The number of nitrogens with zero attached hydrogens (tertiary/aromatic N) is 3. The first-order valence-electron chi connectivity index (χ1n) is 10.0. The number of anilines is 1. The number of aliphatic hydroxyl groups excluding tert-OH is 2. The third kappa shape index (κ3) is 4.98. The van der Waals surface area contributed by atoms with Crippen LogP contribution in [0.5, 0.6) is 0 Å². The molecule has 0 radical (unpaired) electrons. The molecule has 164 valence electrons. The van der Waals surface area contributed by atoms with Crippen molar-refractivity contribution in [3.05, 3.63) is 16.1 Å². The minimum atomic E-state index is -1.60. The van der Waals surface area contributed by atoms with Crippen LogP contribution in [0.2, 0.25) is 0 Å². The molecular weight excluding hydrogens is 502 g/mol. The second-order valence-electron chi connectivity index (χ2n) is 8.45. The quantitative estimate of drug-likeness (QED) is 0.272. The first kappa shape index (κ1) is 23.0. The predicted molar refractivity (Wildman–Crippen MR) is 132 cm³/mol. The molecule has 0 unspecified atom stereocenters. The molecule has 3 rings (SSSR count). The van der Waals surface area contributed by atoms with Gasteiger partial charge in [-0.3, -0.25) is 0 Å². The molecule has 0 saturated carbocycles. The van der Waals surface area contributed by atoms with Crippen LogP contribution in [-0.2, 0) is 4.74 Å². The molecule has 1 saturated heterocycles. The van der Waals surface area contributed by atoms with Gasteiger partial charge in [0.15, 0.2) is 0 Å². The van der Waals surface area contributed by atoms with Crippen molar-refractivity contribution in [2.24, 2.45) is 0 Å². The Kier molecular flexibility index (Phi) is 7.31. The minimum absolute atomic E-state index is 0.419. The van der Waals surface area contributed by atoms with E-state index >= 15 is 0 Å². The number of alkyl halides is 2. The molecule has 2 aromatic heterocycles. The molecule has 4 atom stereocenters. The summed E-state index contributed by atoms with van der Waals surface area (Å²) in [7, 11) is 0. The van der Waals surface area contributed by atoms with Gasteiger partial charge < -0.3 is 0 Å². The average molecular weight is 536 g/mol. The van der Waals surface area contributed by atoms with Crippen LogP contribution in [0.4, 0.5) is 5.69 Å². The van der Waals surface area contributed by atoms with E-state index in [4.69, 9.17) is 15.5 Å². The maximum absolute atomic E-state index is 10.9. The van der Waals surface area contributed by atoms with Crippen molar-refractivity contribution in [2.45, 2.75) is 50.7 Å². The normalized spacial score (nSPS) is 25.7. The van der Waals surface area contributed by atoms with Gasteiger partial charge in [-0.1, -0.05) is 0 Å². The molecule has 0 bridgehead atoms. The first-order valence-corrected chi connectivity index (χ1v) is 17.8. The van der Waals surface area contributed by atoms with Gasteiger partial charge in [-0.05, 0) is 0 Å². The standard InChI is InChI=1S/C20H34IN4O3P/c1-6-7-10-21(2)20-24-15-13(22)8-11-23-18(15)25(20)19-17(27)16(26)14(28-19)9-12-29(3,4)5/h8,11,14,16-17,19,26-27H,3,6-7,9-10,12H2,1-2,4-5H3,(H2,22,23)/t14-,16-,17-,19-/m1/s1. The van der Waals surface area contributed by atoms with Crippen LogP contribution in [0.25, 0.3) is 11.2 Å². The summed E-state index contributed by atoms with van der Waals surface area (Å²) >= 11 is -1.60. The van der Waals surface area contributed by atoms with Crippen LogP contribution >= 0.6 is 26.7 Å². The number of aromatic nitrogens is 3. The van der Waals surface area contributed by atoms with Crippen LogP contribution in [0.1, 0.15) is 32.4 Å². The van der Waals surface area contributed by atoms with Gasteiger partial charge >= 0.3 is 181 Å². The van der Waals surface area contributed by atoms with E-state index in [9.17, 15) is 10.2 Å². The van der Waals surface area contributed by atoms with Crippen molar-refractivity contribution in [2.75, 3.05) is 34.6 Å². The summed E-state index contributed by atoms with van der Waals surface area (Å²) in [5.41, 5.74) is 8.02. The Labute approximate surface area is 180 Å². The zero-order chi connectivity index (χ0) is 21.3. The molecule has 0 aliphatic carbocycles. The molecule has 0 aromatic carbocycles. The molecular formula is C20H34IN4O3P. The van der Waals surface area contributed by atoms with E-state index in [0.717, 1.165) is 27.3 Å². The average Bonchev–Trinajstić information content (AvgIpc) is 3.17. The zero-order valence-electron chi connectivity index (χ0n) is 17.8. The van der Waals surface area contributed by atoms with Crippen LogP contribution < -0.4 is 5.73 Å². The molecule has 29 heavy (non-hydrogen) atoms. The molecule has 1 aliphatic rings. The Morgan fingerprint density at radius 1 is 1.34 bits per heavy atom. The fourth-order valence-corrected chi connectivity index (χ4v) is 8.90. The number of nitrogen functional groups attached to an aromatic ring is 1. The van der Waals surface area contributed by atoms with E-state index in [2.05, 4.69) is 36.5 Å². The van der Waals surface area contributed by atoms with E-state index in [0.29, 0.717) is 23.3 Å². The molecule has 0 spiro atoms. The van der Waals surface area contributed by atoms with E-state index in [1.54, 1.807) is 12.3 Å². The molecule has 9 heteroatoms. The maximum atomic E-state index is 10.9. The molecule has 1 aliphatic heterocycles. The molecule has 4 N–H and O–H groups in total. The van der Waals surface area contributed by atoms with Gasteiger partial charge in [0.1, 0.15) is 0 Å². The SMILES string of the molecule is C=P(C)(C)CC[C@H]1O[C@@H](n2c(I(C)CCCC)nc3c(N)ccnc32)[C@H](O)[C@@H]1O. The number of hydrogen-bond acceptors (Lipinski definition) is 6. The van der Waals surface area contributed by atoms with Gasteiger partial charge in [0.05, 0.1) is 0 Å². The number of pyridine rings is 1. The second kappa shape index (κ2) is 9.22. The summed E-state index contributed by atoms with van der Waals surface area (Å²) in [6.07, 6.45) is 6.68. The molecule has 0 amide bonds. The van der Waals surface area contributed by atoms with Crippen LogP contribution in [0, 0.1) is 3.83 Å². The van der Waals surface area contributed by atoms with Crippen molar-refractivity contribution >= 4 is 49.9 Å². The topological polar surface area (TPSA) is 106 Å². The number of fused-ring (bicyclic) bond motifs is 1. The van der Waals surface area contributed by atoms with E-state index in [1.807, 2.05) is 4.57 Å². The van der Waals surface area contributed by atoms with E-state index in [-0.39, 0.29) is 0 Å². The summed E-state index contributed by atoms with van der Waals surface area (Å²) in [6, 6.07) is 1.74. The van der Waals surface area contributed by atoms with Gasteiger partial charge in [0, 0.05) is 0 Å². The van der Waals surface area contributed by atoms with Crippen LogP contribution in [0.3, 0.4) is 0 Å². The number of ether oxygens (including phenoxy) is 1. The number of hydrogen-bond donors (Lipinski definition) is 3. The number of unbranched alkanes of at least 4 members (excludes halogenated alkanes) is 1. The monoisotopic (exact) mass is 536 g/mol. The van der Waals surface area contributed by atoms with Crippen molar-refractivity contribution < 1.29 is 14.9 Å². The number of imidazole rings is 1. The fraction of sp³-hybridized carbons (Fsp3) is 0.650. The molecule has 3 heterocycles. The Balaban J connectivity index is 1.99. The number of rotatable bonds is 8. The van der Waals surface area contributed by atoms with Crippen molar-refractivity contribution in [3.63, 3.8) is 0 Å². The summed E-state index contributed by atoms with van der Waals surface area (Å²) in [4.78, 5) is 11.6. The summed E-state index contributed by atoms with van der Waals surface area (Å²) < 4.78 is 10.2. The Morgan fingerprint density at radius 3 is 2.72 bits per heavy atom. The van der Waals surface area contributed by atoms with E-state index < -0.39 is 51.2 Å². The Bertz CT molecular complexity index is 899. The summed E-state index contributed by atoms with van der Waals surface area (Å²) in [6.45, 7) is 5.27. The van der Waals surface area contributed by atoms with Crippen LogP contribution in [-0.4, -0.2) is 78.2 Å². The summed E-state index contributed by atoms with van der Waals surface area (Å²) in [5.74, 6) is 0. The molecule has 1 fully saturated rings. The zero-order valence-corrected chi connectivity index (χ0v) is 20.8. The number of nitrogens with two attached hydrogens (primary N) is 1. The van der Waals surface area contributed by atoms with Crippen LogP contribution in [0.15, 0.2) is 12.3 Å². The third-order valence-corrected chi connectivity index (χ3v) is 11.5. The van der Waals surface area contributed by atoms with Gasteiger partial charge in [-0.2, -0.15) is 0 Å². The van der Waals surface area contributed by atoms with Gasteiger partial charge in [0.2, 0.25) is 0 Å². The third-order valence-electron chi connectivity index (χ3n) is 5.24. The van der Waals surface area contributed by atoms with Gasteiger partial charge in [-0.25, -0.2) is 0 Å². The van der Waals surface area contributed by atoms with Gasteiger partial charge in [-0.15, -0.1) is 0 Å². The Morgan fingerprint density at radius 2 is 2.07 bits per heavy atom. The van der Waals surface area contributed by atoms with Crippen molar-refractivity contribution in [1.29, 1.82) is 0 Å². The number of halogens is 1. The van der Waals surface area contributed by atoms with Crippen molar-refractivity contribution in [1.82, 2.24) is 14.5 Å². The van der Waals surface area contributed by atoms with Gasteiger partial charge in [0.25, 0.3) is 0 Å².